The maximum atomic E-state index is 5.95. The number of methoxy groups -OCH3 is 1. The third kappa shape index (κ3) is 4.83. The van der Waals surface area contributed by atoms with Crippen molar-refractivity contribution in [2.45, 2.75) is 46.6 Å². The molecule has 0 amide bonds. The maximum Gasteiger partial charge on any atom is 0.227 e. The molecule has 188 valence electrons. The molecular formula is C27H32N6O3. The van der Waals surface area contributed by atoms with Crippen LogP contribution in [0.5, 0.6) is 5.75 Å². The number of rotatable bonds is 7. The summed E-state index contributed by atoms with van der Waals surface area (Å²) >= 11 is 0. The van der Waals surface area contributed by atoms with Crippen LogP contribution < -0.4 is 15.0 Å². The number of anilines is 3. The van der Waals surface area contributed by atoms with Crippen LogP contribution in [0.2, 0.25) is 0 Å². The van der Waals surface area contributed by atoms with Gasteiger partial charge in [0.2, 0.25) is 5.95 Å². The minimum Gasteiger partial charge on any atom is -0.492 e. The van der Waals surface area contributed by atoms with Crippen LogP contribution in [0.1, 0.15) is 37.1 Å². The number of aromatic nitrogens is 4. The zero-order valence-electron chi connectivity index (χ0n) is 21.5. The van der Waals surface area contributed by atoms with Crippen LogP contribution >= 0.6 is 0 Å². The summed E-state index contributed by atoms with van der Waals surface area (Å²) in [5, 5.41) is 4.32. The number of hydrogen-bond donors (Lipinski definition) is 1. The Morgan fingerprint density at radius 3 is 2.58 bits per heavy atom. The lowest BCUT2D eigenvalue weighted by Gasteiger charge is -2.32. The fourth-order valence-electron chi connectivity index (χ4n) is 4.70. The van der Waals surface area contributed by atoms with Gasteiger partial charge in [-0.05, 0) is 51.8 Å². The highest BCUT2D eigenvalue weighted by Crippen LogP contribution is 2.34. The smallest absolute Gasteiger partial charge is 0.227 e. The molecule has 0 atom stereocenters. The minimum absolute atomic E-state index is 0.300. The Labute approximate surface area is 210 Å². The van der Waals surface area contributed by atoms with Crippen molar-refractivity contribution in [1.29, 1.82) is 0 Å². The standard InChI is InChI=1S/C27H32N6O3/c1-6-35-23-14-19(24-17(3)36-18(4)30-24)7-8-22(23)31-27-28-15-20-13-16(2)29-26(25(20)32-27)33-11-9-21(34-5)10-12-33/h7-8,13-15,21H,6,9-12H2,1-5H3,(H,28,31,32). The predicted molar refractivity (Wildman–Crippen MR) is 140 cm³/mol. The van der Waals surface area contributed by atoms with Crippen molar-refractivity contribution in [3.8, 4) is 17.0 Å². The summed E-state index contributed by atoms with van der Waals surface area (Å²) in [5.41, 5.74) is 4.30. The Balaban J connectivity index is 1.48. The van der Waals surface area contributed by atoms with Crippen LogP contribution in [0.25, 0.3) is 22.2 Å². The SMILES string of the molecule is CCOc1cc(-c2nc(C)oc2C)ccc1Nc1ncc2cc(C)nc(N3CCC(OC)CC3)c2n1. The largest absolute Gasteiger partial charge is 0.492 e. The van der Waals surface area contributed by atoms with Crippen molar-refractivity contribution >= 4 is 28.4 Å². The molecule has 1 aliphatic heterocycles. The van der Waals surface area contributed by atoms with Crippen LogP contribution in [0.3, 0.4) is 0 Å². The van der Waals surface area contributed by atoms with E-state index < -0.39 is 0 Å². The molecule has 4 heterocycles. The quantitative estimate of drug-likeness (QED) is 0.368. The van der Waals surface area contributed by atoms with Gasteiger partial charge in [-0.15, -0.1) is 0 Å². The Kier molecular flexibility index (Phi) is 6.73. The molecule has 0 unspecified atom stereocenters. The Morgan fingerprint density at radius 1 is 1.08 bits per heavy atom. The number of nitrogens with zero attached hydrogens (tertiary/aromatic N) is 5. The van der Waals surface area contributed by atoms with Crippen molar-refractivity contribution in [2.75, 3.05) is 37.0 Å². The predicted octanol–water partition coefficient (Wildman–Crippen LogP) is 5.36. The monoisotopic (exact) mass is 488 g/mol. The van der Waals surface area contributed by atoms with E-state index in [0.717, 1.165) is 71.1 Å². The average molecular weight is 489 g/mol. The topological polar surface area (TPSA) is 98.4 Å². The molecule has 5 rings (SSSR count). The molecule has 3 aromatic heterocycles. The van der Waals surface area contributed by atoms with Crippen molar-refractivity contribution in [1.82, 2.24) is 19.9 Å². The molecule has 1 aliphatic rings. The minimum atomic E-state index is 0.300. The zero-order chi connectivity index (χ0) is 25.2. The summed E-state index contributed by atoms with van der Waals surface area (Å²) in [6, 6.07) is 7.94. The highest BCUT2D eigenvalue weighted by molar-refractivity contribution is 5.89. The molecule has 9 nitrogen and oxygen atoms in total. The summed E-state index contributed by atoms with van der Waals surface area (Å²) in [5.74, 6) is 3.49. The first-order valence-corrected chi connectivity index (χ1v) is 12.4. The molecular weight excluding hydrogens is 456 g/mol. The second-order valence-corrected chi connectivity index (χ2v) is 9.05. The zero-order valence-corrected chi connectivity index (χ0v) is 21.5. The van der Waals surface area contributed by atoms with Crippen molar-refractivity contribution in [3.63, 3.8) is 0 Å². The molecule has 0 radical (unpaired) electrons. The molecule has 1 N–H and O–H groups in total. The first-order valence-electron chi connectivity index (χ1n) is 12.4. The lowest BCUT2D eigenvalue weighted by molar-refractivity contribution is 0.0818. The molecule has 0 bridgehead atoms. The number of oxazole rings is 1. The molecule has 0 aliphatic carbocycles. The fraction of sp³-hybridized carbons (Fsp3) is 0.407. The fourth-order valence-corrected chi connectivity index (χ4v) is 4.70. The van der Waals surface area contributed by atoms with Crippen LogP contribution in [-0.4, -0.2) is 52.8 Å². The average Bonchev–Trinajstić information content (AvgIpc) is 3.22. The third-order valence-corrected chi connectivity index (χ3v) is 6.46. The third-order valence-electron chi connectivity index (χ3n) is 6.46. The number of pyridine rings is 1. The molecule has 1 saturated heterocycles. The van der Waals surface area contributed by atoms with E-state index in [2.05, 4.69) is 20.2 Å². The highest BCUT2D eigenvalue weighted by Gasteiger charge is 2.22. The van der Waals surface area contributed by atoms with Crippen LogP contribution in [0, 0.1) is 20.8 Å². The summed E-state index contributed by atoms with van der Waals surface area (Å²) in [4.78, 5) is 21.1. The van der Waals surface area contributed by atoms with E-state index in [1.807, 2.05) is 58.2 Å². The number of hydrogen-bond acceptors (Lipinski definition) is 9. The van der Waals surface area contributed by atoms with E-state index >= 15 is 0 Å². The summed E-state index contributed by atoms with van der Waals surface area (Å²) in [6.07, 6.45) is 4.09. The molecule has 4 aromatic rings. The van der Waals surface area contributed by atoms with Gasteiger partial charge in [-0.3, -0.25) is 0 Å². The van der Waals surface area contributed by atoms with Crippen LogP contribution in [0.4, 0.5) is 17.5 Å². The van der Waals surface area contributed by atoms with Crippen molar-refractivity contribution in [2.24, 2.45) is 0 Å². The number of piperidine rings is 1. The molecule has 0 saturated carbocycles. The van der Waals surface area contributed by atoms with Gasteiger partial charge in [-0.1, -0.05) is 6.07 Å². The maximum absolute atomic E-state index is 5.95. The van der Waals surface area contributed by atoms with Crippen molar-refractivity contribution in [3.05, 3.63) is 47.8 Å². The molecule has 1 fully saturated rings. The number of aryl methyl sites for hydroxylation is 3. The van der Waals surface area contributed by atoms with Gasteiger partial charge in [0.1, 0.15) is 22.7 Å². The van der Waals surface area contributed by atoms with Crippen LogP contribution in [-0.2, 0) is 4.74 Å². The normalized spacial score (nSPS) is 14.4. The molecule has 9 heteroatoms. The molecule has 0 spiro atoms. The van der Waals surface area contributed by atoms with E-state index in [4.69, 9.17) is 23.9 Å². The number of ether oxygens (including phenoxy) is 2. The van der Waals surface area contributed by atoms with Gasteiger partial charge in [0.05, 0.1) is 18.4 Å². The molecule has 36 heavy (non-hydrogen) atoms. The Hall–Kier alpha value is -3.72. The summed E-state index contributed by atoms with van der Waals surface area (Å²) in [6.45, 7) is 10.0. The first kappa shape index (κ1) is 24.0. The van der Waals surface area contributed by atoms with Crippen molar-refractivity contribution < 1.29 is 13.9 Å². The number of benzene rings is 1. The number of nitrogens with one attached hydrogen (secondary N) is 1. The lowest BCUT2D eigenvalue weighted by atomic mass is 10.1. The van der Waals surface area contributed by atoms with Gasteiger partial charge in [-0.2, -0.15) is 0 Å². The highest BCUT2D eigenvalue weighted by atomic mass is 16.5. The van der Waals surface area contributed by atoms with E-state index in [1.165, 1.54) is 0 Å². The number of fused-ring (bicyclic) bond motifs is 1. The Bertz CT molecular complexity index is 1380. The summed E-state index contributed by atoms with van der Waals surface area (Å²) < 4.78 is 17.1. The van der Waals surface area contributed by atoms with Gasteiger partial charge < -0.3 is 24.1 Å². The summed E-state index contributed by atoms with van der Waals surface area (Å²) in [7, 11) is 1.78. The second kappa shape index (κ2) is 10.1. The Morgan fingerprint density at radius 2 is 1.89 bits per heavy atom. The van der Waals surface area contributed by atoms with Gasteiger partial charge in [0.15, 0.2) is 11.7 Å². The van der Waals surface area contributed by atoms with E-state index in [9.17, 15) is 0 Å². The second-order valence-electron chi connectivity index (χ2n) is 9.05. The van der Waals surface area contributed by atoms with E-state index in [0.29, 0.717) is 30.3 Å². The van der Waals surface area contributed by atoms with Gasteiger partial charge in [0.25, 0.3) is 0 Å². The van der Waals surface area contributed by atoms with E-state index in [-0.39, 0.29) is 0 Å². The first-order chi connectivity index (χ1) is 17.4. The van der Waals surface area contributed by atoms with Gasteiger partial charge in [0, 0.05) is 50.0 Å². The van der Waals surface area contributed by atoms with Gasteiger partial charge in [-0.25, -0.2) is 19.9 Å². The molecule has 1 aromatic carbocycles. The van der Waals surface area contributed by atoms with Crippen LogP contribution in [0.15, 0.2) is 34.9 Å². The van der Waals surface area contributed by atoms with E-state index in [1.54, 1.807) is 7.11 Å². The van der Waals surface area contributed by atoms with Gasteiger partial charge >= 0.3 is 0 Å². The lowest BCUT2D eigenvalue weighted by Crippen LogP contribution is -2.37.